The fourth-order valence-electron chi connectivity index (χ4n) is 3.00. The van der Waals surface area contributed by atoms with Crippen LogP contribution in [0.2, 0.25) is 0 Å². The zero-order chi connectivity index (χ0) is 13.1. The van der Waals surface area contributed by atoms with E-state index in [0.29, 0.717) is 5.41 Å². The number of hydrogen-bond donors (Lipinski definition) is 1. The zero-order valence-corrected chi connectivity index (χ0v) is 12.1. The topological polar surface area (TPSA) is 12.0 Å². The van der Waals surface area contributed by atoms with E-state index in [1.165, 1.54) is 25.0 Å². The van der Waals surface area contributed by atoms with E-state index in [9.17, 15) is 0 Å². The predicted octanol–water partition coefficient (Wildman–Crippen LogP) is 4.66. The highest BCUT2D eigenvalue weighted by Gasteiger charge is 2.30. The van der Waals surface area contributed by atoms with Gasteiger partial charge >= 0.3 is 0 Å². The first-order valence-corrected chi connectivity index (χ1v) is 6.84. The second-order valence-corrected chi connectivity index (χ2v) is 7.00. The second-order valence-electron chi connectivity index (χ2n) is 7.00. The van der Waals surface area contributed by atoms with Gasteiger partial charge in [-0.25, -0.2) is 0 Å². The van der Waals surface area contributed by atoms with Gasteiger partial charge in [0.2, 0.25) is 0 Å². The molecule has 17 heavy (non-hydrogen) atoms. The van der Waals surface area contributed by atoms with Crippen molar-refractivity contribution in [3.8, 4) is 0 Å². The Morgan fingerprint density at radius 3 is 2.29 bits per heavy atom. The minimum Gasteiger partial charge on any atom is -0.384 e. The molecule has 1 rings (SSSR count). The number of rotatable bonds is 7. The van der Waals surface area contributed by atoms with Gasteiger partial charge in [0, 0.05) is 11.2 Å². The number of hydrogen-bond acceptors (Lipinski definition) is 1. The van der Waals surface area contributed by atoms with Crippen molar-refractivity contribution < 1.29 is 0 Å². The zero-order valence-electron chi connectivity index (χ0n) is 12.1. The van der Waals surface area contributed by atoms with Crippen molar-refractivity contribution in [2.24, 2.45) is 11.3 Å². The van der Waals surface area contributed by atoms with E-state index in [1.54, 1.807) is 0 Å². The molecule has 0 aromatic carbocycles. The average molecular weight is 235 g/mol. The summed E-state index contributed by atoms with van der Waals surface area (Å²) < 4.78 is 0. The molecule has 1 aliphatic carbocycles. The molecule has 1 nitrogen and oxygen atoms in total. The largest absolute Gasteiger partial charge is 0.384 e. The third kappa shape index (κ3) is 4.57. The van der Waals surface area contributed by atoms with Gasteiger partial charge in [-0.15, -0.1) is 6.58 Å². The molecule has 0 saturated heterocycles. The van der Waals surface area contributed by atoms with Crippen LogP contribution < -0.4 is 5.32 Å². The molecule has 1 heteroatoms. The molecule has 1 aliphatic rings. The lowest BCUT2D eigenvalue weighted by Gasteiger charge is -2.39. The summed E-state index contributed by atoms with van der Waals surface area (Å²) in [6.45, 7) is 17.2. The van der Waals surface area contributed by atoms with Gasteiger partial charge in [0.1, 0.15) is 0 Å². The fraction of sp³-hybridized carbons (Fsp3) is 0.750. The van der Waals surface area contributed by atoms with E-state index in [4.69, 9.17) is 0 Å². The van der Waals surface area contributed by atoms with Crippen molar-refractivity contribution in [3.63, 3.8) is 0 Å². The monoisotopic (exact) mass is 235 g/mol. The molecule has 0 bridgehead atoms. The fourth-order valence-corrected chi connectivity index (χ4v) is 3.00. The van der Waals surface area contributed by atoms with Gasteiger partial charge in [-0.1, -0.05) is 32.9 Å². The lowest BCUT2D eigenvalue weighted by atomic mass is 9.76. The molecule has 0 aromatic rings. The Morgan fingerprint density at radius 2 is 1.88 bits per heavy atom. The van der Waals surface area contributed by atoms with Crippen LogP contribution in [0.15, 0.2) is 24.9 Å². The van der Waals surface area contributed by atoms with Gasteiger partial charge in [0.25, 0.3) is 0 Å². The van der Waals surface area contributed by atoms with E-state index in [2.05, 4.69) is 46.2 Å². The van der Waals surface area contributed by atoms with Gasteiger partial charge in [0.05, 0.1) is 0 Å². The minimum absolute atomic E-state index is 0.124. The Labute approximate surface area is 107 Å². The maximum atomic E-state index is 4.21. The van der Waals surface area contributed by atoms with Crippen molar-refractivity contribution in [2.75, 3.05) is 0 Å². The predicted molar refractivity (Wildman–Crippen MR) is 76.9 cm³/mol. The van der Waals surface area contributed by atoms with Crippen molar-refractivity contribution in [1.29, 1.82) is 0 Å². The van der Waals surface area contributed by atoms with E-state index in [-0.39, 0.29) is 5.54 Å². The smallest absolute Gasteiger partial charge is 0.0319 e. The molecule has 0 radical (unpaired) electrons. The Morgan fingerprint density at radius 1 is 1.29 bits per heavy atom. The van der Waals surface area contributed by atoms with Crippen LogP contribution in [0.25, 0.3) is 0 Å². The van der Waals surface area contributed by atoms with Crippen molar-refractivity contribution in [2.45, 2.75) is 65.3 Å². The summed E-state index contributed by atoms with van der Waals surface area (Å²) in [7, 11) is 0. The van der Waals surface area contributed by atoms with Crippen molar-refractivity contribution in [3.05, 3.63) is 24.9 Å². The lowest BCUT2D eigenvalue weighted by Crippen LogP contribution is -2.44. The first-order valence-electron chi connectivity index (χ1n) is 6.84. The molecule has 0 atom stereocenters. The lowest BCUT2D eigenvalue weighted by molar-refractivity contribution is 0.222. The highest BCUT2D eigenvalue weighted by atomic mass is 15.0. The van der Waals surface area contributed by atoms with E-state index < -0.39 is 0 Å². The minimum atomic E-state index is 0.124. The highest BCUT2D eigenvalue weighted by molar-refractivity contribution is 5.06. The molecule has 0 spiro atoms. The Kier molecular flexibility index (Phi) is 4.46. The van der Waals surface area contributed by atoms with Crippen LogP contribution in [0.3, 0.4) is 0 Å². The molecule has 1 N–H and O–H groups in total. The van der Waals surface area contributed by atoms with Gasteiger partial charge in [-0.05, 0) is 50.9 Å². The van der Waals surface area contributed by atoms with Crippen LogP contribution in [-0.4, -0.2) is 5.54 Å². The molecule has 1 fully saturated rings. The van der Waals surface area contributed by atoms with Crippen LogP contribution in [0.5, 0.6) is 0 Å². The maximum Gasteiger partial charge on any atom is 0.0319 e. The molecule has 0 amide bonds. The third-order valence-corrected chi connectivity index (χ3v) is 3.71. The summed E-state index contributed by atoms with van der Waals surface area (Å²) in [5.41, 5.74) is 1.67. The van der Waals surface area contributed by atoms with E-state index in [0.717, 1.165) is 18.8 Å². The summed E-state index contributed by atoms with van der Waals surface area (Å²) in [4.78, 5) is 0. The summed E-state index contributed by atoms with van der Waals surface area (Å²) in [5.74, 6) is 0.719. The highest BCUT2D eigenvalue weighted by Crippen LogP contribution is 2.35. The molecular weight excluding hydrogens is 206 g/mol. The van der Waals surface area contributed by atoms with Gasteiger partial charge in [-0.3, -0.25) is 0 Å². The molecule has 1 saturated carbocycles. The SMILES string of the molecule is C=CCC(C)(C)CC(C)(C)NC(=C)C1CCC1. The summed E-state index contributed by atoms with van der Waals surface area (Å²) >= 11 is 0. The van der Waals surface area contributed by atoms with E-state index >= 15 is 0 Å². The Bertz CT molecular complexity index is 282. The normalized spacial score (nSPS) is 17.4. The molecule has 0 unspecified atom stereocenters. The molecule has 98 valence electrons. The first-order chi connectivity index (χ1) is 7.76. The van der Waals surface area contributed by atoms with E-state index in [1.807, 2.05) is 6.08 Å². The van der Waals surface area contributed by atoms with Crippen molar-refractivity contribution >= 4 is 0 Å². The van der Waals surface area contributed by atoms with Crippen molar-refractivity contribution in [1.82, 2.24) is 5.32 Å². The van der Waals surface area contributed by atoms with Crippen LogP contribution in [-0.2, 0) is 0 Å². The summed E-state index contributed by atoms with van der Waals surface area (Å²) in [6.07, 6.45) is 8.23. The Hall–Kier alpha value is -0.720. The maximum absolute atomic E-state index is 4.21. The van der Waals surface area contributed by atoms with Crippen LogP contribution in [0.1, 0.15) is 59.8 Å². The average Bonchev–Trinajstić information content (AvgIpc) is 1.94. The van der Waals surface area contributed by atoms with Crippen LogP contribution in [0, 0.1) is 11.3 Å². The number of nitrogens with one attached hydrogen (secondary N) is 1. The second kappa shape index (κ2) is 5.29. The number of allylic oxidation sites excluding steroid dienone is 2. The standard InChI is InChI=1S/C16H29N/c1-7-11-15(3,4)12-16(5,6)17-13(2)14-9-8-10-14/h7,14,17H,1-2,8-12H2,3-6H3. The first kappa shape index (κ1) is 14.3. The van der Waals surface area contributed by atoms with Gasteiger partial charge < -0.3 is 5.32 Å². The van der Waals surface area contributed by atoms with Gasteiger partial charge in [0.15, 0.2) is 0 Å². The summed E-state index contributed by atoms with van der Waals surface area (Å²) in [6, 6.07) is 0. The van der Waals surface area contributed by atoms with Crippen LogP contribution >= 0.6 is 0 Å². The molecule has 0 heterocycles. The molecule has 0 aliphatic heterocycles. The summed E-state index contributed by atoms with van der Waals surface area (Å²) in [5, 5.41) is 3.64. The molecular formula is C16H29N. The quantitative estimate of drug-likeness (QED) is 0.633. The molecule has 0 aromatic heterocycles. The van der Waals surface area contributed by atoms with Gasteiger partial charge in [-0.2, -0.15) is 0 Å². The third-order valence-electron chi connectivity index (χ3n) is 3.71. The van der Waals surface area contributed by atoms with Crippen LogP contribution in [0.4, 0.5) is 0 Å². The Balaban J connectivity index is 2.49.